The van der Waals surface area contributed by atoms with E-state index in [-0.39, 0.29) is 6.17 Å². The average Bonchev–Trinajstić information content (AvgIpc) is 2.84. The molecule has 0 aliphatic rings. The normalized spacial score (nSPS) is 12.2. The van der Waals surface area contributed by atoms with Gasteiger partial charge in [-0.25, -0.2) is 15.0 Å². The standard InChI is InChI=1S/C22H27N7O2.C2H6/c1-4-5-20(24-3)29-22-18-12-16(6-8-19(18)27-14-28-22)31-21-9-7-17(13-26-21)30-11-10-25-15(2)23;1-2/h4-9,12-15,25H,10-11,23H2,1-3H3,(H,24,27,28,29);1-2H3/b5-4-;. The Bertz CT molecular complexity index is 1050. The summed E-state index contributed by atoms with van der Waals surface area (Å²) in [4.78, 5) is 17.2. The van der Waals surface area contributed by atoms with Crippen molar-refractivity contribution >= 4 is 22.6 Å². The molecule has 9 heteroatoms. The molecule has 176 valence electrons. The Morgan fingerprint density at radius 2 is 1.94 bits per heavy atom. The van der Waals surface area contributed by atoms with E-state index in [4.69, 9.17) is 15.2 Å². The number of pyridine rings is 1. The lowest BCUT2D eigenvalue weighted by Crippen LogP contribution is -2.36. The fraction of sp³-hybridized carbons (Fsp3) is 0.333. The van der Waals surface area contributed by atoms with Gasteiger partial charge in [-0.3, -0.25) is 10.3 Å². The Hall–Kier alpha value is -3.56. The van der Waals surface area contributed by atoms with Gasteiger partial charge in [0.1, 0.15) is 36.1 Å². The number of aromatic nitrogens is 3. The molecule has 4 N–H and O–H groups in total. The van der Waals surface area contributed by atoms with Gasteiger partial charge < -0.3 is 20.5 Å². The van der Waals surface area contributed by atoms with Crippen molar-refractivity contribution in [2.75, 3.05) is 25.5 Å². The highest BCUT2D eigenvalue weighted by Crippen LogP contribution is 2.27. The van der Waals surface area contributed by atoms with Crippen LogP contribution in [0.25, 0.3) is 10.9 Å². The maximum atomic E-state index is 5.91. The number of hydrogen-bond donors (Lipinski definition) is 3. The van der Waals surface area contributed by atoms with Gasteiger partial charge in [-0.2, -0.15) is 0 Å². The van der Waals surface area contributed by atoms with Crippen LogP contribution in [0, 0.1) is 0 Å². The number of rotatable bonds is 9. The molecule has 0 aliphatic heterocycles. The van der Waals surface area contributed by atoms with Crippen LogP contribution in [0.1, 0.15) is 27.7 Å². The number of nitrogens with one attached hydrogen (secondary N) is 2. The molecule has 33 heavy (non-hydrogen) atoms. The monoisotopic (exact) mass is 451 g/mol. The van der Waals surface area contributed by atoms with Crippen molar-refractivity contribution in [3.63, 3.8) is 0 Å². The van der Waals surface area contributed by atoms with Crippen LogP contribution in [0.15, 0.2) is 60.0 Å². The molecule has 3 aromatic rings. The number of amidine groups is 1. The Kier molecular flexibility index (Phi) is 10.7. The summed E-state index contributed by atoms with van der Waals surface area (Å²) in [5.74, 6) is 3.08. The fourth-order valence-corrected chi connectivity index (χ4v) is 2.74. The number of allylic oxidation sites excluding steroid dienone is 1. The highest BCUT2D eigenvalue weighted by molar-refractivity contribution is 6.07. The van der Waals surface area contributed by atoms with Crippen LogP contribution in [0.3, 0.4) is 0 Å². The summed E-state index contributed by atoms with van der Waals surface area (Å²) in [6.45, 7) is 8.96. The molecule has 0 spiro atoms. The minimum Gasteiger partial charge on any atom is -0.491 e. The molecule has 0 fully saturated rings. The zero-order chi connectivity index (χ0) is 24.1. The second-order valence-electron chi connectivity index (χ2n) is 6.66. The summed E-state index contributed by atoms with van der Waals surface area (Å²) in [5.41, 5.74) is 6.43. The number of ether oxygens (including phenoxy) is 2. The molecule has 0 radical (unpaired) electrons. The predicted octanol–water partition coefficient (Wildman–Crippen LogP) is 4.13. The van der Waals surface area contributed by atoms with Gasteiger partial charge >= 0.3 is 0 Å². The molecule has 0 amide bonds. The van der Waals surface area contributed by atoms with E-state index in [1.165, 1.54) is 6.33 Å². The van der Waals surface area contributed by atoms with E-state index < -0.39 is 0 Å². The molecule has 0 aliphatic carbocycles. The number of nitrogens with zero attached hydrogens (tertiary/aromatic N) is 4. The summed E-state index contributed by atoms with van der Waals surface area (Å²) >= 11 is 0. The summed E-state index contributed by atoms with van der Waals surface area (Å²) in [6.07, 6.45) is 6.85. The maximum absolute atomic E-state index is 5.91. The van der Waals surface area contributed by atoms with E-state index in [2.05, 4.69) is 30.6 Å². The minimum atomic E-state index is -0.0653. The molecular formula is C24H33N7O2. The number of hydrogen-bond acceptors (Lipinski definition) is 8. The SMILES string of the molecule is C/C=C\C(=NC)Nc1ncnc2ccc(Oc3ccc(OCCNC(C)N)cn3)cc12.CC. The van der Waals surface area contributed by atoms with Gasteiger partial charge in [0.25, 0.3) is 0 Å². The Morgan fingerprint density at radius 3 is 2.61 bits per heavy atom. The predicted molar refractivity (Wildman–Crippen MR) is 134 cm³/mol. The first-order valence-electron chi connectivity index (χ1n) is 11.0. The lowest BCUT2D eigenvalue weighted by Gasteiger charge is -2.11. The van der Waals surface area contributed by atoms with E-state index in [0.29, 0.717) is 42.2 Å². The summed E-state index contributed by atoms with van der Waals surface area (Å²) in [6, 6.07) is 9.15. The minimum absolute atomic E-state index is 0.0653. The Labute approximate surface area is 195 Å². The maximum Gasteiger partial charge on any atom is 0.219 e. The fourth-order valence-electron chi connectivity index (χ4n) is 2.74. The first-order valence-corrected chi connectivity index (χ1v) is 11.0. The summed E-state index contributed by atoms with van der Waals surface area (Å²) < 4.78 is 11.5. The second kappa shape index (κ2) is 13.8. The molecular weight excluding hydrogens is 418 g/mol. The number of fused-ring (bicyclic) bond motifs is 1. The number of nitrogens with two attached hydrogens (primary N) is 1. The van der Waals surface area contributed by atoms with Crippen LogP contribution in [-0.2, 0) is 0 Å². The van der Waals surface area contributed by atoms with Crippen molar-refractivity contribution < 1.29 is 9.47 Å². The van der Waals surface area contributed by atoms with Crippen molar-refractivity contribution in [3.8, 4) is 17.4 Å². The summed E-state index contributed by atoms with van der Waals surface area (Å²) in [7, 11) is 1.72. The third kappa shape index (κ3) is 8.13. The van der Waals surface area contributed by atoms with Gasteiger partial charge in [-0.05, 0) is 44.2 Å². The largest absolute Gasteiger partial charge is 0.491 e. The van der Waals surface area contributed by atoms with Crippen LogP contribution < -0.4 is 25.8 Å². The van der Waals surface area contributed by atoms with Crippen LogP contribution in [0.5, 0.6) is 17.4 Å². The number of benzene rings is 1. The quantitative estimate of drug-likeness (QED) is 0.192. The van der Waals surface area contributed by atoms with E-state index in [1.54, 1.807) is 19.3 Å². The molecule has 1 atom stereocenters. The lowest BCUT2D eigenvalue weighted by atomic mass is 10.2. The van der Waals surface area contributed by atoms with Crippen LogP contribution >= 0.6 is 0 Å². The molecule has 1 aromatic carbocycles. The number of anilines is 1. The Balaban J connectivity index is 0.00000187. The van der Waals surface area contributed by atoms with E-state index in [9.17, 15) is 0 Å². The van der Waals surface area contributed by atoms with Gasteiger partial charge in [-0.15, -0.1) is 0 Å². The summed E-state index contributed by atoms with van der Waals surface area (Å²) in [5, 5.41) is 7.11. The molecule has 0 saturated carbocycles. The Morgan fingerprint density at radius 1 is 1.15 bits per heavy atom. The van der Waals surface area contributed by atoms with Crippen molar-refractivity contribution in [3.05, 3.63) is 55.0 Å². The molecule has 0 saturated heterocycles. The molecule has 2 heterocycles. The zero-order valence-corrected chi connectivity index (χ0v) is 19.9. The molecule has 0 bridgehead atoms. The smallest absolute Gasteiger partial charge is 0.219 e. The average molecular weight is 452 g/mol. The zero-order valence-electron chi connectivity index (χ0n) is 19.9. The van der Waals surface area contributed by atoms with E-state index in [0.717, 1.165) is 10.9 Å². The van der Waals surface area contributed by atoms with Gasteiger partial charge in [0.2, 0.25) is 5.88 Å². The van der Waals surface area contributed by atoms with Crippen molar-refractivity contribution in [1.29, 1.82) is 0 Å². The van der Waals surface area contributed by atoms with E-state index >= 15 is 0 Å². The first kappa shape index (κ1) is 25.7. The number of aliphatic imine (C=N–C) groups is 1. The molecule has 3 rings (SSSR count). The van der Waals surface area contributed by atoms with Crippen molar-refractivity contribution in [2.45, 2.75) is 33.9 Å². The first-order chi connectivity index (χ1) is 16.1. The van der Waals surface area contributed by atoms with Crippen molar-refractivity contribution in [1.82, 2.24) is 20.3 Å². The highest BCUT2D eigenvalue weighted by atomic mass is 16.5. The van der Waals surface area contributed by atoms with E-state index in [1.807, 2.05) is 64.1 Å². The lowest BCUT2D eigenvalue weighted by molar-refractivity contribution is 0.305. The highest BCUT2D eigenvalue weighted by Gasteiger charge is 2.08. The third-order valence-corrected chi connectivity index (χ3v) is 4.19. The van der Waals surface area contributed by atoms with Crippen LogP contribution in [0.4, 0.5) is 5.82 Å². The second-order valence-corrected chi connectivity index (χ2v) is 6.66. The van der Waals surface area contributed by atoms with Crippen LogP contribution in [-0.4, -0.2) is 47.2 Å². The van der Waals surface area contributed by atoms with Gasteiger partial charge in [0.15, 0.2) is 0 Å². The molecule has 9 nitrogen and oxygen atoms in total. The van der Waals surface area contributed by atoms with Gasteiger partial charge in [0, 0.05) is 25.0 Å². The molecule has 2 aromatic heterocycles. The van der Waals surface area contributed by atoms with Crippen molar-refractivity contribution in [2.24, 2.45) is 10.7 Å². The third-order valence-electron chi connectivity index (χ3n) is 4.19. The molecule has 1 unspecified atom stereocenters. The van der Waals surface area contributed by atoms with Gasteiger partial charge in [0.05, 0.1) is 17.9 Å². The van der Waals surface area contributed by atoms with Crippen LogP contribution in [0.2, 0.25) is 0 Å². The van der Waals surface area contributed by atoms with Gasteiger partial charge in [-0.1, -0.05) is 19.9 Å². The topological polar surface area (TPSA) is 120 Å².